The monoisotopic (exact) mass is 273 g/mol. The van der Waals surface area contributed by atoms with Gasteiger partial charge < -0.3 is 20.3 Å². The summed E-state index contributed by atoms with van der Waals surface area (Å²) in [7, 11) is 0. The van der Waals surface area contributed by atoms with Gasteiger partial charge >= 0.3 is 5.97 Å². The van der Waals surface area contributed by atoms with Gasteiger partial charge in [0.15, 0.2) is 0 Å². The van der Waals surface area contributed by atoms with Crippen LogP contribution in [-0.4, -0.2) is 24.3 Å². The van der Waals surface area contributed by atoms with Crippen LogP contribution >= 0.6 is 0 Å². The Morgan fingerprint density at radius 1 is 1.00 bits per heavy atom. The van der Waals surface area contributed by atoms with Crippen molar-refractivity contribution in [2.45, 2.75) is 0 Å². The maximum Gasteiger partial charge on any atom is 0.337 e. The smallest absolute Gasteiger partial charge is 0.337 e. The van der Waals surface area contributed by atoms with Gasteiger partial charge in [0.05, 0.1) is 5.56 Å². The van der Waals surface area contributed by atoms with E-state index < -0.39 is 5.97 Å². The normalized spacial score (nSPS) is 10.0. The van der Waals surface area contributed by atoms with Crippen LogP contribution in [-0.2, 0) is 0 Å². The van der Waals surface area contributed by atoms with E-state index in [0.29, 0.717) is 19.0 Å². The van der Waals surface area contributed by atoms with Gasteiger partial charge in [0.2, 0.25) is 0 Å². The predicted molar refractivity (Wildman–Crippen MR) is 75.2 cm³/mol. The minimum absolute atomic E-state index is 0.0338. The second kappa shape index (κ2) is 6.47. The van der Waals surface area contributed by atoms with Crippen molar-refractivity contribution < 1.29 is 19.4 Å². The van der Waals surface area contributed by atoms with E-state index in [4.69, 9.17) is 20.3 Å². The van der Waals surface area contributed by atoms with Crippen molar-refractivity contribution in [3.63, 3.8) is 0 Å². The number of ether oxygens (including phenoxy) is 2. The molecule has 0 spiro atoms. The van der Waals surface area contributed by atoms with E-state index in [1.165, 1.54) is 12.1 Å². The van der Waals surface area contributed by atoms with E-state index in [0.717, 1.165) is 5.75 Å². The number of nitrogen functional groups attached to an aromatic ring is 1. The molecule has 104 valence electrons. The van der Waals surface area contributed by atoms with Crippen molar-refractivity contribution in [2.75, 3.05) is 18.9 Å². The summed E-state index contributed by atoms with van der Waals surface area (Å²) >= 11 is 0. The van der Waals surface area contributed by atoms with Crippen LogP contribution in [0.25, 0.3) is 0 Å². The Morgan fingerprint density at radius 3 is 2.30 bits per heavy atom. The number of carbonyl (C=O) groups is 1. The fourth-order valence-electron chi connectivity index (χ4n) is 1.65. The second-order valence-electron chi connectivity index (χ2n) is 4.06. The van der Waals surface area contributed by atoms with Gasteiger partial charge in [0.1, 0.15) is 24.7 Å². The largest absolute Gasteiger partial charge is 0.490 e. The van der Waals surface area contributed by atoms with E-state index in [1.807, 2.05) is 30.3 Å². The molecule has 5 nitrogen and oxygen atoms in total. The molecule has 2 aromatic carbocycles. The molecule has 0 fully saturated rings. The van der Waals surface area contributed by atoms with Crippen molar-refractivity contribution in [3.05, 3.63) is 54.1 Å². The molecule has 0 aliphatic heterocycles. The lowest BCUT2D eigenvalue weighted by Gasteiger charge is -2.09. The SMILES string of the molecule is Nc1ccc(OCCOc2ccccc2)cc1C(=O)O. The van der Waals surface area contributed by atoms with Gasteiger partial charge in [-0.3, -0.25) is 0 Å². The maximum absolute atomic E-state index is 10.9. The standard InChI is InChI=1S/C15H15NO4/c16-14-7-6-12(10-13(14)15(17)18)20-9-8-19-11-4-2-1-3-5-11/h1-7,10H,8-9,16H2,(H,17,18). The minimum Gasteiger partial charge on any atom is -0.490 e. The molecule has 0 bridgehead atoms. The molecule has 0 aliphatic rings. The van der Waals surface area contributed by atoms with Crippen molar-refractivity contribution >= 4 is 11.7 Å². The summed E-state index contributed by atoms with van der Waals surface area (Å²) in [5.41, 5.74) is 5.81. The summed E-state index contributed by atoms with van der Waals surface area (Å²) in [5, 5.41) is 8.95. The summed E-state index contributed by atoms with van der Waals surface area (Å²) in [6, 6.07) is 13.9. The average Bonchev–Trinajstić information content (AvgIpc) is 2.46. The Bertz CT molecular complexity index is 584. The number of benzene rings is 2. The molecule has 0 aliphatic carbocycles. The molecule has 3 N–H and O–H groups in total. The second-order valence-corrected chi connectivity index (χ2v) is 4.06. The number of para-hydroxylation sites is 1. The molecule has 0 radical (unpaired) electrons. The van der Waals surface area contributed by atoms with Crippen molar-refractivity contribution in [2.24, 2.45) is 0 Å². The van der Waals surface area contributed by atoms with Crippen LogP contribution in [0.1, 0.15) is 10.4 Å². The molecule has 2 aromatic rings. The van der Waals surface area contributed by atoms with E-state index in [-0.39, 0.29) is 11.3 Å². The van der Waals surface area contributed by atoms with Crippen LogP contribution in [0.4, 0.5) is 5.69 Å². The Morgan fingerprint density at radius 2 is 1.65 bits per heavy atom. The number of rotatable bonds is 6. The van der Waals surface area contributed by atoms with E-state index >= 15 is 0 Å². The van der Waals surface area contributed by atoms with Gasteiger partial charge in [-0.15, -0.1) is 0 Å². The molecule has 0 aromatic heterocycles. The zero-order chi connectivity index (χ0) is 14.4. The number of hydrogen-bond donors (Lipinski definition) is 2. The quantitative estimate of drug-likeness (QED) is 0.624. The summed E-state index contributed by atoms with van der Waals surface area (Å²) < 4.78 is 10.9. The molecule has 0 heterocycles. The van der Waals surface area contributed by atoms with Gasteiger partial charge in [0.25, 0.3) is 0 Å². The van der Waals surface area contributed by atoms with Crippen molar-refractivity contribution in [1.29, 1.82) is 0 Å². The zero-order valence-corrected chi connectivity index (χ0v) is 10.8. The Kier molecular flexibility index (Phi) is 4.44. The fourth-order valence-corrected chi connectivity index (χ4v) is 1.65. The number of carboxylic acid groups (broad SMARTS) is 1. The number of hydrogen-bond acceptors (Lipinski definition) is 4. The van der Waals surface area contributed by atoms with E-state index in [9.17, 15) is 4.79 Å². The minimum atomic E-state index is -1.08. The Hall–Kier alpha value is -2.69. The first-order chi connectivity index (χ1) is 9.66. The molecule has 0 atom stereocenters. The molecule has 20 heavy (non-hydrogen) atoms. The molecule has 0 saturated carbocycles. The van der Waals surface area contributed by atoms with Crippen LogP contribution in [0, 0.1) is 0 Å². The molecule has 2 rings (SSSR count). The zero-order valence-electron chi connectivity index (χ0n) is 10.8. The highest BCUT2D eigenvalue weighted by Gasteiger charge is 2.09. The molecular formula is C15H15NO4. The summed E-state index contributed by atoms with van der Waals surface area (Å²) in [4.78, 5) is 10.9. The Labute approximate surface area is 116 Å². The first-order valence-electron chi connectivity index (χ1n) is 6.10. The van der Waals surface area contributed by atoms with Gasteiger partial charge in [-0.2, -0.15) is 0 Å². The average molecular weight is 273 g/mol. The fraction of sp³-hybridized carbons (Fsp3) is 0.133. The summed E-state index contributed by atoms with van der Waals surface area (Å²) in [6.45, 7) is 0.689. The number of aromatic carboxylic acids is 1. The number of carboxylic acids is 1. The van der Waals surface area contributed by atoms with E-state index in [2.05, 4.69) is 0 Å². The lowest BCUT2D eigenvalue weighted by Crippen LogP contribution is -2.10. The van der Waals surface area contributed by atoms with Crippen LogP contribution in [0.15, 0.2) is 48.5 Å². The van der Waals surface area contributed by atoms with Gasteiger partial charge in [0, 0.05) is 5.69 Å². The third-order valence-corrected chi connectivity index (χ3v) is 2.62. The van der Waals surface area contributed by atoms with Crippen LogP contribution in [0.2, 0.25) is 0 Å². The summed E-state index contributed by atoms with van der Waals surface area (Å²) in [6.07, 6.45) is 0. The third-order valence-electron chi connectivity index (χ3n) is 2.62. The molecular weight excluding hydrogens is 258 g/mol. The summed E-state index contributed by atoms with van der Waals surface area (Å²) in [5.74, 6) is 0.140. The van der Waals surface area contributed by atoms with Gasteiger partial charge in [-0.25, -0.2) is 4.79 Å². The Balaban J connectivity index is 1.85. The first-order valence-corrected chi connectivity index (χ1v) is 6.10. The topological polar surface area (TPSA) is 81.8 Å². The third kappa shape index (κ3) is 3.65. The van der Waals surface area contributed by atoms with Crippen LogP contribution in [0.3, 0.4) is 0 Å². The van der Waals surface area contributed by atoms with Gasteiger partial charge in [-0.05, 0) is 30.3 Å². The van der Waals surface area contributed by atoms with Crippen molar-refractivity contribution in [3.8, 4) is 11.5 Å². The van der Waals surface area contributed by atoms with Crippen molar-refractivity contribution in [1.82, 2.24) is 0 Å². The number of nitrogens with two attached hydrogens (primary N) is 1. The lowest BCUT2D eigenvalue weighted by molar-refractivity contribution is 0.0697. The highest BCUT2D eigenvalue weighted by atomic mass is 16.5. The van der Waals surface area contributed by atoms with Gasteiger partial charge in [-0.1, -0.05) is 18.2 Å². The first kappa shape index (κ1) is 13.7. The highest BCUT2D eigenvalue weighted by Crippen LogP contribution is 2.19. The highest BCUT2D eigenvalue weighted by molar-refractivity contribution is 5.94. The molecule has 0 unspecified atom stereocenters. The van der Waals surface area contributed by atoms with Crippen LogP contribution in [0.5, 0.6) is 11.5 Å². The predicted octanol–water partition coefficient (Wildman–Crippen LogP) is 2.42. The molecule has 5 heteroatoms. The van der Waals surface area contributed by atoms with Crippen LogP contribution < -0.4 is 15.2 Å². The molecule has 0 saturated heterocycles. The lowest BCUT2D eigenvalue weighted by atomic mass is 10.2. The number of anilines is 1. The maximum atomic E-state index is 10.9. The molecule has 0 amide bonds. The van der Waals surface area contributed by atoms with E-state index in [1.54, 1.807) is 6.07 Å².